The van der Waals surface area contributed by atoms with Gasteiger partial charge in [-0.25, -0.2) is 0 Å². The number of dihydropyridines is 1. The van der Waals surface area contributed by atoms with E-state index in [1.807, 2.05) is 12.4 Å². The van der Waals surface area contributed by atoms with Crippen molar-refractivity contribution >= 4 is 22.8 Å². The molecule has 0 fully saturated rings. The van der Waals surface area contributed by atoms with E-state index in [4.69, 9.17) is 0 Å². The summed E-state index contributed by atoms with van der Waals surface area (Å²) >= 11 is 0. The molecule has 2 aromatic carbocycles. The van der Waals surface area contributed by atoms with Crippen LogP contribution >= 0.6 is 0 Å². The summed E-state index contributed by atoms with van der Waals surface area (Å²) in [5.74, 6) is 1.14. The van der Waals surface area contributed by atoms with Crippen molar-refractivity contribution in [3.63, 3.8) is 0 Å². The van der Waals surface area contributed by atoms with Crippen molar-refractivity contribution in [3.8, 4) is 0 Å². The summed E-state index contributed by atoms with van der Waals surface area (Å²) in [4.78, 5) is 4.20. The first-order chi connectivity index (χ1) is 21.2. The largest absolute Gasteiger partial charge is 0.386 e. The number of aryl methyl sites for hydroxylation is 1. The van der Waals surface area contributed by atoms with Crippen molar-refractivity contribution in [2.45, 2.75) is 26.2 Å². The van der Waals surface area contributed by atoms with Gasteiger partial charge < -0.3 is 5.32 Å². The maximum Gasteiger partial charge on any atom is 0.0398 e. The van der Waals surface area contributed by atoms with Crippen LogP contribution in [0.2, 0.25) is 0 Å². The molecule has 0 radical (unpaired) electrons. The van der Waals surface area contributed by atoms with Gasteiger partial charge in [-0.05, 0) is 110 Å². The molecule has 3 unspecified atom stereocenters. The number of benzene rings is 2. The van der Waals surface area contributed by atoms with Crippen LogP contribution in [0.5, 0.6) is 0 Å². The Morgan fingerprint density at radius 1 is 0.721 bits per heavy atom. The molecule has 2 nitrogen and oxygen atoms in total. The Labute approximate surface area is 254 Å². The maximum absolute atomic E-state index is 4.20. The molecule has 4 aliphatic carbocycles. The molecule has 3 aromatic rings. The van der Waals surface area contributed by atoms with Gasteiger partial charge in [-0.15, -0.1) is 0 Å². The molecule has 0 amide bonds. The molecule has 1 aromatic heterocycles. The van der Waals surface area contributed by atoms with E-state index in [0.717, 1.165) is 25.8 Å². The number of fused-ring (bicyclic) bond motifs is 3. The Balaban J connectivity index is 1.25. The van der Waals surface area contributed by atoms with Gasteiger partial charge in [0.2, 0.25) is 0 Å². The van der Waals surface area contributed by atoms with Gasteiger partial charge in [0, 0.05) is 37.0 Å². The third-order valence-electron chi connectivity index (χ3n) is 9.83. The van der Waals surface area contributed by atoms with Crippen LogP contribution in [0.3, 0.4) is 0 Å². The van der Waals surface area contributed by atoms with Crippen LogP contribution in [-0.2, 0) is 6.42 Å². The van der Waals surface area contributed by atoms with E-state index >= 15 is 0 Å². The minimum Gasteiger partial charge on any atom is -0.386 e. The summed E-state index contributed by atoms with van der Waals surface area (Å²) in [5, 5.41) is 6.35. The molecular weight excluding hydrogens is 520 g/mol. The molecule has 0 saturated heterocycles. The number of nitrogens with one attached hydrogen (secondary N) is 1. The van der Waals surface area contributed by atoms with Gasteiger partial charge in [0.25, 0.3) is 0 Å². The molecule has 43 heavy (non-hydrogen) atoms. The third kappa shape index (κ3) is 4.62. The second-order valence-electron chi connectivity index (χ2n) is 12.4. The summed E-state index contributed by atoms with van der Waals surface area (Å²) in [5.41, 5.74) is 14.1. The van der Waals surface area contributed by atoms with Crippen molar-refractivity contribution in [2.24, 2.45) is 17.8 Å². The zero-order valence-corrected chi connectivity index (χ0v) is 24.6. The van der Waals surface area contributed by atoms with Gasteiger partial charge in [-0.1, -0.05) is 98.0 Å². The standard InChI is InChI=1S/C41H36N2/c1-27-22-31(16-17-35(27)34-24-33(25-43-26-34)29-18-20-42-21-19-29)40-36-10-4-6-12-38(36)41(39-13-7-5-11-37(39)40)32-15-14-28-8-2-3-9-30(28)23-32/h2-13,16-21,23-25,27,36,38,43H,14-15,22,26H2,1H3. The predicted molar refractivity (Wildman–Crippen MR) is 179 cm³/mol. The normalized spacial score (nSPS) is 23.9. The summed E-state index contributed by atoms with van der Waals surface area (Å²) < 4.78 is 0. The number of rotatable bonds is 4. The summed E-state index contributed by atoms with van der Waals surface area (Å²) in [7, 11) is 0. The molecule has 3 atom stereocenters. The molecule has 210 valence electrons. The lowest BCUT2D eigenvalue weighted by Crippen LogP contribution is -2.41. The quantitative estimate of drug-likeness (QED) is 0.366. The van der Waals surface area contributed by atoms with Gasteiger partial charge in [-0.3, -0.25) is 4.98 Å². The van der Waals surface area contributed by atoms with Gasteiger partial charge in [0.05, 0.1) is 0 Å². The van der Waals surface area contributed by atoms with Crippen molar-refractivity contribution in [1.29, 1.82) is 0 Å². The predicted octanol–water partition coefficient (Wildman–Crippen LogP) is 7.25. The first-order valence-corrected chi connectivity index (χ1v) is 15.7. The Kier molecular flexibility index (Phi) is 6.56. The van der Waals surface area contributed by atoms with Gasteiger partial charge in [0.1, 0.15) is 0 Å². The molecule has 8 rings (SSSR count). The minimum atomic E-state index is 0.346. The molecule has 1 N–H and O–H groups in total. The zero-order valence-electron chi connectivity index (χ0n) is 24.6. The Hall–Kier alpha value is -4.69. The number of nitrogens with zero attached hydrogens (tertiary/aromatic N) is 1. The van der Waals surface area contributed by atoms with Gasteiger partial charge >= 0.3 is 0 Å². The third-order valence-corrected chi connectivity index (χ3v) is 9.83. The van der Waals surface area contributed by atoms with Crippen molar-refractivity contribution < 1.29 is 0 Å². The lowest BCUT2D eigenvalue weighted by atomic mass is 9.67. The van der Waals surface area contributed by atoms with E-state index in [1.54, 1.807) is 0 Å². The molecule has 1 aliphatic heterocycles. The average molecular weight is 557 g/mol. The topological polar surface area (TPSA) is 24.9 Å². The van der Waals surface area contributed by atoms with Crippen LogP contribution in [0.25, 0.3) is 22.8 Å². The number of hydrogen-bond acceptors (Lipinski definition) is 2. The average Bonchev–Trinajstić information content (AvgIpc) is 3.07. The van der Waals surface area contributed by atoms with E-state index < -0.39 is 0 Å². The van der Waals surface area contributed by atoms with Crippen LogP contribution < -0.4 is 15.8 Å². The highest BCUT2D eigenvalue weighted by Crippen LogP contribution is 2.45. The van der Waals surface area contributed by atoms with Gasteiger partial charge in [-0.2, -0.15) is 0 Å². The number of aromatic nitrogens is 1. The maximum atomic E-state index is 4.20. The minimum absolute atomic E-state index is 0.346. The fourth-order valence-electron chi connectivity index (χ4n) is 7.82. The van der Waals surface area contributed by atoms with E-state index in [1.165, 1.54) is 66.1 Å². The fourth-order valence-corrected chi connectivity index (χ4v) is 7.82. The van der Waals surface area contributed by atoms with E-state index in [9.17, 15) is 0 Å². The van der Waals surface area contributed by atoms with Crippen LogP contribution in [0.4, 0.5) is 0 Å². The van der Waals surface area contributed by atoms with E-state index in [0.29, 0.717) is 17.8 Å². The molecule has 5 aliphatic rings. The Morgan fingerprint density at radius 2 is 1.44 bits per heavy atom. The fraction of sp³-hybridized carbons (Fsp3) is 0.195. The molecule has 0 spiro atoms. The number of pyridine rings is 1. The monoisotopic (exact) mass is 556 g/mol. The van der Waals surface area contributed by atoms with Gasteiger partial charge in [0.15, 0.2) is 0 Å². The van der Waals surface area contributed by atoms with Crippen LogP contribution in [-0.4, -0.2) is 11.5 Å². The van der Waals surface area contributed by atoms with Crippen molar-refractivity contribution in [3.05, 3.63) is 171 Å². The zero-order chi connectivity index (χ0) is 28.8. The summed E-state index contributed by atoms with van der Waals surface area (Å²) in [6, 6.07) is 22.3. The molecular formula is C41H36N2. The highest BCUT2D eigenvalue weighted by molar-refractivity contribution is 5.85. The van der Waals surface area contributed by atoms with Crippen molar-refractivity contribution in [2.75, 3.05) is 6.54 Å². The lowest BCUT2D eigenvalue weighted by Gasteiger charge is -2.37. The Morgan fingerprint density at radius 3 is 2.21 bits per heavy atom. The SMILES string of the molecule is CC1CC(C2=c3ccccc3=C(C3=Cc4ccccc4CC3)C3C=CC=CC23)=CC=C1C1=CC(c2ccncc2)=CNC1. The Bertz CT molecular complexity index is 1960. The number of hydrogen-bond donors (Lipinski definition) is 1. The second-order valence-corrected chi connectivity index (χ2v) is 12.4. The van der Waals surface area contributed by atoms with E-state index in [2.05, 4.69) is 133 Å². The van der Waals surface area contributed by atoms with Crippen LogP contribution in [0, 0.1) is 17.8 Å². The van der Waals surface area contributed by atoms with Crippen LogP contribution in [0.1, 0.15) is 36.5 Å². The summed E-state index contributed by atoms with van der Waals surface area (Å²) in [6.45, 7) is 3.26. The molecule has 0 saturated carbocycles. The van der Waals surface area contributed by atoms with Crippen LogP contribution in [0.15, 0.2) is 144 Å². The molecule has 2 heteroatoms. The number of allylic oxidation sites excluding steroid dienone is 10. The molecule has 0 bridgehead atoms. The summed E-state index contributed by atoms with van der Waals surface area (Å²) in [6.07, 6.45) is 28.2. The smallest absolute Gasteiger partial charge is 0.0398 e. The second kappa shape index (κ2) is 10.9. The molecule has 2 heterocycles. The highest BCUT2D eigenvalue weighted by atomic mass is 14.8. The van der Waals surface area contributed by atoms with Crippen molar-refractivity contribution in [1.82, 2.24) is 10.3 Å². The lowest BCUT2D eigenvalue weighted by molar-refractivity contribution is 0.639. The van der Waals surface area contributed by atoms with E-state index in [-0.39, 0.29) is 0 Å². The first-order valence-electron chi connectivity index (χ1n) is 15.7. The first kappa shape index (κ1) is 26.0. The highest BCUT2D eigenvalue weighted by Gasteiger charge is 2.34.